The van der Waals surface area contributed by atoms with Crippen molar-refractivity contribution in [2.75, 3.05) is 5.32 Å². The summed E-state index contributed by atoms with van der Waals surface area (Å²) >= 11 is 0. The highest BCUT2D eigenvalue weighted by atomic mass is 16.3. The number of rotatable bonds is 3. The molecule has 0 aliphatic heterocycles. The second kappa shape index (κ2) is 4.01. The number of nitrogens with zero attached hydrogens (tertiary/aromatic N) is 2. The summed E-state index contributed by atoms with van der Waals surface area (Å²) in [6, 6.07) is 2.27. The maximum atomic E-state index is 9.65. The molecule has 1 aliphatic rings. The quantitative estimate of drug-likeness (QED) is 0.814. The topological polar surface area (TPSA) is 58.0 Å². The summed E-state index contributed by atoms with van der Waals surface area (Å²) in [6.45, 7) is 6.21. The van der Waals surface area contributed by atoms with Gasteiger partial charge in [-0.15, -0.1) is 0 Å². The average molecular weight is 221 g/mol. The molecule has 2 unspecified atom stereocenters. The second-order valence-corrected chi connectivity index (χ2v) is 5.02. The second-order valence-electron chi connectivity index (χ2n) is 5.02. The SMILES string of the molecule is CCc1cc(NC2CC(O)C2(C)C)ncn1. The van der Waals surface area contributed by atoms with E-state index in [0.29, 0.717) is 6.04 Å². The van der Waals surface area contributed by atoms with Crippen molar-refractivity contribution in [3.05, 3.63) is 18.1 Å². The Morgan fingerprint density at radius 3 is 2.81 bits per heavy atom. The fourth-order valence-corrected chi connectivity index (χ4v) is 2.00. The van der Waals surface area contributed by atoms with Crippen LogP contribution in [-0.2, 0) is 6.42 Å². The van der Waals surface area contributed by atoms with Gasteiger partial charge in [0.25, 0.3) is 0 Å². The highest BCUT2D eigenvalue weighted by molar-refractivity contribution is 5.38. The van der Waals surface area contributed by atoms with Gasteiger partial charge in [-0.05, 0) is 12.8 Å². The number of hydrogen-bond donors (Lipinski definition) is 2. The first-order valence-electron chi connectivity index (χ1n) is 5.79. The Balaban J connectivity index is 2.05. The molecule has 2 N–H and O–H groups in total. The monoisotopic (exact) mass is 221 g/mol. The van der Waals surface area contributed by atoms with Gasteiger partial charge in [-0.2, -0.15) is 0 Å². The van der Waals surface area contributed by atoms with E-state index in [4.69, 9.17) is 0 Å². The summed E-state index contributed by atoms with van der Waals surface area (Å²) in [7, 11) is 0. The van der Waals surface area contributed by atoms with E-state index in [-0.39, 0.29) is 11.5 Å². The predicted molar refractivity (Wildman–Crippen MR) is 63.2 cm³/mol. The van der Waals surface area contributed by atoms with Crippen LogP contribution < -0.4 is 5.32 Å². The smallest absolute Gasteiger partial charge is 0.129 e. The van der Waals surface area contributed by atoms with E-state index < -0.39 is 0 Å². The van der Waals surface area contributed by atoms with Gasteiger partial charge in [0.1, 0.15) is 12.1 Å². The van der Waals surface area contributed by atoms with Crippen molar-refractivity contribution < 1.29 is 5.11 Å². The van der Waals surface area contributed by atoms with Gasteiger partial charge < -0.3 is 10.4 Å². The molecule has 1 saturated carbocycles. The molecular formula is C12H19N3O. The van der Waals surface area contributed by atoms with Crippen molar-refractivity contribution >= 4 is 5.82 Å². The lowest BCUT2D eigenvalue weighted by molar-refractivity contribution is -0.0511. The molecule has 88 valence electrons. The van der Waals surface area contributed by atoms with Crippen LogP contribution in [0.25, 0.3) is 0 Å². The number of aliphatic hydroxyl groups is 1. The Hall–Kier alpha value is -1.16. The van der Waals surface area contributed by atoms with E-state index >= 15 is 0 Å². The van der Waals surface area contributed by atoms with Crippen LogP contribution in [0, 0.1) is 5.41 Å². The summed E-state index contributed by atoms with van der Waals surface area (Å²) in [4.78, 5) is 8.36. The number of aromatic nitrogens is 2. The van der Waals surface area contributed by atoms with Crippen LogP contribution in [0.3, 0.4) is 0 Å². The van der Waals surface area contributed by atoms with Crippen molar-refractivity contribution in [1.29, 1.82) is 0 Å². The van der Waals surface area contributed by atoms with Gasteiger partial charge in [0.05, 0.1) is 6.10 Å². The third-order valence-corrected chi connectivity index (χ3v) is 3.62. The van der Waals surface area contributed by atoms with Crippen LogP contribution in [-0.4, -0.2) is 27.2 Å². The maximum absolute atomic E-state index is 9.65. The molecule has 2 atom stereocenters. The van der Waals surface area contributed by atoms with Crippen LogP contribution >= 0.6 is 0 Å². The molecule has 1 fully saturated rings. The van der Waals surface area contributed by atoms with Crippen molar-refractivity contribution in [1.82, 2.24) is 9.97 Å². The lowest BCUT2D eigenvalue weighted by Gasteiger charge is -2.49. The molecule has 1 heterocycles. The summed E-state index contributed by atoms with van der Waals surface area (Å²) in [6.07, 6.45) is 3.08. The normalized spacial score (nSPS) is 27.2. The molecule has 0 radical (unpaired) electrons. The molecular weight excluding hydrogens is 202 g/mol. The molecule has 0 aromatic carbocycles. The molecule has 2 rings (SSSR count). The van der Waals surface area contributed by atoms with Crippen LogP contribution in [0.15, 0.2) is 12.4 Å². The lowest BCUT2D eigenvalue weighted by Crippen LogP contribution is -2.57. The first-order chi connectivity index (χ1) is 7.54. The minimum Gasteiger partial charge on any atom is -0.392 e. The number of anilines is 1. The van der Waals surface area contributed by atoms with Crippen molar-refractivity contribution in [2.45, 2.75) is 45.8 Å². The fraction of sp³-hybridized carbons (Fsp3) is 0.667. The van der Waals surface area contributed by atoms with Gasteiger partial charge in [0.15, 0.2) is 0 Å². The third kappa shape index (κ3) is 1.89. The van der Waals surface area contributed by atoms with Crippen LogP contribution in [0.4, 0.5) is 5.82 Å². The van der Waals surface area contributed by atoms with Gasteiger partial charge in [-0.3, -0.25) is 0 Å². The van der Waals surface area contributed by atoms with Crippen molar-refractivity contribution in [3.63, 3.8) is 0 Å². The highest BCUT2D eigenvalue weighted by Gasteiger charge is 2.47. The third-order valence-electron chi connectivity index (χ3n) is 3.62. The fourth-order valence-electron chi connectivity index (χ4n) is 2.00. The van der Waals surface area contributed by atoms with E-state index in [1.54, 1.807) is 6.33 Å². The van der Waals surface area contributed by atoms with E-state index in [0.717, 1.165) is 24.4 Å². The van der Waals surface area contributed by atoms with E-state index in [2.05, 4.69) is 36.1 Å². The number of aliphatic hydroxyl groups excluding tert-OH is 1. The lowest BCUT2D eigenvalue weighted by atomic mass is 9.64. The van der Waals surface area contributed by atoms with Crippen LogP contribution in [0.5, 0.6) is 0 Å². The Morgan fingerprint density at radius 1 is 1.50 bits per heavy atom. The molecule has 0 bridgehead atoms. The Kier molecular flexibility index (Phi) is 2.84. The summed E-state index contributed by atoms with van der Waals surface area (Å²) in [5.41, 5.74) is 0.965. The summed E-state index contributed by atoms with van der Waals surface area (Å²) < 4.78 is 0. The zero-order valence-corrected chi connectivity index (χ0v) is 10.1. The number of nitrogens with one attached hydrogen (secondary N) is 1. The molecule has 0 saturated heterocycles. The Bertz CT molecular complexity index is 378. The average Bonchev–Trinajstić information content (AvgIpc) is 2.29. The van der Waals surface area contributed by atoms with Crippen molar-refractivity contribution in [2.24, 2.45) is 5.41 Å². The first kappa shape index (κ1) is 11.3. The van der Waals surface area contributed by atoms with Gasteiger partial charge in [0, 0.05) is 23.2 Å². The van der Waals surface area contributed by atoms with Crippen LogP contribution in [0.2, 0.25) is 0 Å². The minimum atomic E-state index is -0.211. The number of aryl methyl sites for hydroxylation is 1. The molecule has 1 aromatic heterocycles. The summed E-state index contributed by atoms with van der Waals surface area (Å²) in [5.74, 6) is 0.858. The highest BCUT2D eigenvalue weighted by Crippen LogP contribution is 2.41. The number of hydrogen-bond acceptors (Lipinski definition) is 4. The zero-order valence-electron chi connectivity index (χ0n) is 10.1. The zero-order chi connectivity index (χ0) is 11.8. The first-order valence-corrected chi connectivity index (χ1v) is 5.79. The standard InChI is InChI=1S/C12H19N3O/c1-4-8-5-11(14-7-13-8)15-9-6-10(16)12(9,2)3/h5,7,9-10,16H,4,6H2,1-3H3,(H,13,14,15). The van der Waals surface area contributed by atoms with E-state index in [1.807, 2.05) is 6.07 Å². The Morgan fingerprint density at radius 2 is 2.25 bits per heavy atom. The van der Waals surface area contributed by atoms with E-state index in [9.17, 15) is 5.11 Å². The molecule has 1 aromatic rings. The minimum absolute atomic E-state index is 0.0721. The summed E-state index contributed by atoms with van der Waals surface area (Å²) in [5, 5.41) is 13.0. The van der Waals surface area contributed by atoms with Gasteiger partial charge in [-0.25, -0.2) is 9.97 Å². The molecule has 0 amide bonds. The predicted octanol–water partition coefficient (Wildman–Crippen LogP) is 1.61. The Labute approximate surface area is 96.1 Å². The largest absolute Gasteiger partial charge is 0.392 e. The van der Waals surface area contributed by atoms with Gasteiger partial charge >= 0.3 is 0 Å². The maximum Gasteiger partial charge on any atom is 0.129 e. The molecule has 16 heavy (non-hydrogen) atoms. The molecule has 4 heteroatoms. The van der Waals surface area contributed by atoms with Gasteiger partial charge in [0.2, 0.25) is 0 Å². The molecule has 4 nitrogen and oxygen atoms in total. The molecule has 0 spiro atoms. The molecule has 1 aliphatic carbocycles. The van der Waals surface area contributed by atoms with Crippen LogP contribution in [0.1, 0.15) is 32.9 Å². The van der Waals surface area contributed by atoms with E-state index in [1.165, 1.54) is 0 Å². The van der Waals surface area contributed by atoms with Crippen molar-refractivity contribution in [3.8, 4) is 0 Å². The van der Waals surface area contributed by atoms with Gasteiger partial charge in [-0.1, -0.05) is 20.8 Å².